The third kappa shape index (κ3) is 5.28. The molecule has 2 aliphatic rings. The van der Waals surface area contributed by atoms with Gasteiger partial charge >= 0.3 is 0 Å². The fraction of sp³-hybridized carbons (Fsp3) is 0.478. The Morgan fingerprint density at radius 2 is 1.88 bits per heavy atom. The molecule has 2 amide bonds. The molecular formula is C23H29N3O5S2. The van der Waals surface area contributed by atoms with E-state index in [9.17, 15) is 18.0 Å². The van der Waals surface area contributed by atoms with Gasteiger partial charge in [0, 0.05) is 26.2 Å². The van der Waals surface area contributed by atoms with Crippen molar-refractivity contribution in [3.63, 3.8) is 0 Å². The predicted molar refractivity (Wildman–Crippen MR) is 127 cm³/mol. The summed E-state index contributed by atoms with van der Waals surface area (Å²) < 4.78 is 32.9. The SMILES string of the molecule is CSCC[C@H](NC(=O)c1ccco1)C(=O)N1CCN(S(=O)(=O)c2ccc3c(c2)CCC3)CC1. The van der Waals surface area contributed by atoms with Crippen LogP contribution in [0.15, 0.2) is 45.9 Å². The third-order valence-electron chi connectivity index (χ3n) is 6.22. The minimum atomic E-state index is -3.61. The number of hydrogen-bond acceptors (Lipinski definition) is 6. The first-order valence-corrected chi connectivity index (χ1v) is 14.0. The van der Waals surface area contributed by atoms with Crippen LogP contribution in [0.25, 0.3) is 0 Å². The molecule has 33 heavy (non-hydrogen) atoms. The van der Waals surface area contributed by atoms with E-state index in [2.05, 4.69) is 5.32 Å². The molecule has 4 rings (SSSR count). The molecule has 0 radical (unpaired) electrons. The predicted octanol–water partition coefficient (Wildman–Crippen LogP) is 2.15. The van der Waals surface area contributed by atoms with Crippen LogP contribution in [0.5, 0.6) is 0 Å². The van der Waals surface area contributed by atoms with Crippen molar-refractivity contribution in [1.29, 1.82) is 0 Å². The first-order chi connectivity index (χ1) is 15.9. The fourth-order valence-corrected chi connectivity index (χ4v) is 6.30. The van der Waals surface area contributed by atoms with Crippen molar-refractivity contribution in [2.45, 2.75) is 36.6 Å². The van der Waals surface area contributed by atoms with Crippen LogP contribution in [-0.4, -0.2) is 73.7 Å². The number of nitrogens with one attached hydrogen (secondary N) is 1. The van der Waals surface area contributed by atoms with Crippen molar-refractivity contribution < 1.29 is 22.4 Å². The van der Waals surface area contributed by atoms with E-state index in [1.54, 1.807) is 40.9 Å². The maximum Gasteiger partial charge on any atom is 0.287 e. The number of furan rings is 1. The topological polar surface area (TPSA) is 99.9 Å². The second-order valence-electron chi connectivity index (χ2n) is 8.30. The van der Waals surface area contributed by atoms with Gasteiger partial charge in [0.25, 0.3) is 5.91 Å². The maximum atomic E-state index is 13.2. The monoisotopic (exact) mass is 491 g/mol. The summed E-state index contributed by atoms with van der Waals surface area (Å²) in [4.78, 5) is 27.6. The van der Waals surface area contributed by atoms with E-state index >= 15 is 0 Å². The minimum absolute atomic E-state index is 0.155. The van der Waals surface area contributed by atoms with Crippen LogP contribution < -0.4 is 5.32 Å². The lowest BCUT2D eigenvalue weighted by Gasteiger charge is -2.36. The number of nitrogens with zero attached hydrogens (tertiary/aromatic N) is 2. The molecule has 2 aromatic rings. The first-order valence-electron chi connectivity index (χ1n) is 11.1. The van der Waals surface area contributed by atoms with Crippen LogP contribution in [0.1, 0.15) is 34.5 Å². The number of hydrogen-bond donors (Lipinski definition) is 1. The highest BCUT2D eigenvalue weighted by Gasteiger charge is 2.33. The number of carbonyl (C=O) groups is 2. The summed E-state index contributed by atoms with van der Waals surface area (Å²) in [5, 5.41) is 2.77. The summed E-state index contributed by atoms with van der Waals surface area (Å²) in [5.41, 5.74) is 2.35. The number of thioether (sulfide) groups is 1. The molecule has 178 valence electrons. The van der Waals surface area contributed by atoms with E-state index in [4.69, 9.17) is 4.42 Å². The Hall–Kier alpha value is -2.30. The number of piperazine rings is 1. The molecule has 1 aromatic carbocycles. The summed E-state index contributed by atoms with van der Waals surface area (Å²) in [6, 6.07) is 7.90. The second kappa shape index (κ2) is 10.3. The van der Waals surface area contributed by atoms with Crippen molar-refractivity contribution >= 4 is 33.6 Å². The van der Waals surface area contributed by atoms with E-state index < -0.39 is 22.0 Å². The highest BCUT2D eigenvalue weighted by atomic mass is 32.2. The maximum absolute atomic E-state index is 13.2. The molecular weight excluding hydrogens is 462 g/mol. The van der Waals surface area contributed by atoms with Crippen molar-refractivity contribution in [3.8, 4) is 0 Å². The van der Waals surface area contributed by atoms with E-state index in [-0.39, 0.29) is 37.8 Å². The molecule has 1 N–H and O–H groups in total. The van der Waals surface area contributed by atoms with Crippen LogP contribution in [0.2, 0.25) is 0 Å². The number of carbonyl (C=O) groups excluding carboxylic acids is 2. The van der Waals surface area contributed by atoms with Crippen molar-refractivity contribution in [1.82, 2.24) is 14.5 Å². The first kappa shape index (κ1) is 23.8. The molecule has 0 spiro atoms. The van der Waals surface area contributed by atoms with Gasteiger partial charge in [-0.15, -0.1) is 0 Å². The van der Waals surface area contributed by atoms with Gasteiger partial charge in [-0.05, 0) is 73.1 Å². The molecule has 1 saturated heterocycles. The number of fused-ring (bicyclic) bond motifs is 1. The molecule has 2 heterocycles. The van der Waals surface area contributed by atoms with Crippen molar-refractivity contribution in [2.24, 2.45) is 0 Å². The molecule has 1 aliphatic carbocycles. The van der Waals surface area contributed by atoms with Crippen LogP contribution >= 0.6 is 11.8 Å². The Kier molecular flexibility index (Phi) is 7.45. The van der Waals surface area contributed by atoms with Gasteiger partial charge < -0.3 is 14.6 Å². The Morgan fingerprint density at radius 1 is 1.12 bits per heavy atom. The smallest absolute Gasteiger partial charge is 0.287 e. The van der Waals surface area contributed by atoms with Gasteiger partial charge in [-0.25, -0.2) is 8.42 Å². The quantitative estimate of drug-likeness (QED) is 0.608. The molecule has 1 aromatic heterocycles. The molecule has 8 nitrogen and oxygen atoms in total. The van der Waals surface area contributed by atoms with Crippen molar-refractivity contribution in [2.75, 3.05) is 38.2 Å². The summed E-state index contributed by atoms with van der Waals surface area (Å²) in [6.45, 7) is 1.03. The average molecular weight is 492 g/mol. The van der Waals surface area contributed by atoms with Crippen LogP contribution in [-0.2, 0) is 27.7 Å². The Labute approximate surface area is 198 Å². The van der Waals surface area contributed by atoms with Gasteiger partial charge in [-0.1, -0.05) is 6.07 Å². The third-order valence-corrected chi connectivity index (χ3v) is 8.76. The number of amides is 2. The molecule has 1 aliphatic heterocycles. The highest BCUT2D eigenvalue weighted by molar-refractivity contribution is 7.98. The van der Waals surface area contributed by atoms with Crippen LogP contribution in [0.4, 0.5) is 0 Å². The number of sulfonamides is 1. The van der Waals surface area contributed by atoms with E-state index in [0.29, 0.717) is 17.1 Å². The lowest BCUT2D eigenvalue weighted by atomic mass is 10.1. The Bertz CT molecular complexity index is 1090. The fourth-order valence-electron chi connectivity index (χ4n) is 4.36. The molecule has 0 saturated carbocycles. The Morgan fingerprint density at radius 3 is 2.58 bits per heavy atom. The van der Waals surface area contributed by atoms with Gasteiger partial charge in [0.05, 0.1) is 11.2 Å². The van der Waals surface area contributed by atoms with E-state index in [1.807, 2.05) is 12.3 Å². The zero-order valence-electron chi connectivity index (χ0n) is 18.7. The second-order valence-corrected chi connectivity index (χ2v) is 11.2. The van der Waals surface area contributed by atoms with Gasteiger partial charge in [0.15, 0.2) is 5.76 Å². The van der Waals surface area contributed by atoms with Gasteiger partial charge in [-0.2, -0.15) is 16.1 Å². The molecule has 1 atom stereocenters. The van der Waals surface area contributed by atoms with E-state index in [0.717, 1.165) is 24.8 Å². The van der Waals surface area contributed by atoms with Crippen molar-refractivity contribution in [3.05, 3.63) is 53.5 Å². The minimum Gasteiger partial charge on any atom is -0.459 e. The lowest BCUT2D eigenvalue weighted by molar-refractivity contribution is -0.134. The van der Waals surface area contributed by atoms with Crippen LogP contribution in [0, 0.1) is 0 Å². The largest absolute Gasteiger partial charge is 0.459 e. The summed E-state index contributed by atoms with van der Waals surface area (Å²) in [5.74, 6) is 0.236. The molecule has 10 heteroatoms. The van der Waals surface area contributed by atoms with Gasteiger partial charge in [0.2, 0.25) is 15.9 Å². The summed E-state index contributed by atoms with van der Waals surface area (Å²) in [6.07, 6.45) is 6.83. The number of benzene rings is 1. The molecule has 1 fully saturated rings. The normalized spacial score (nSPS) is 17.5. The number of aryl methyl sites for hydroxylation is 2. The lowest BCUT2D eigenvalue weighted by Crippen LogP contribution is -2.55. The van der Waals surface area contributed by atoms with Crippen LogP contribution in [0.3, 0.4) is 0 Å². The van der Waals surface area contributed by atoms with Gasteiger partial charge in [-0.3, -0.25) is 9.59 Å². The highest BCUT2D eigenvalue weighted by Crippen LogP contribution is 2.27. The summed E-state index contributed by atoms with van der Waals surface area (Å²) >= 11 is 1.60. The summed E-state index contributed by atoms with van der Waals surface area (Å²) in [7, 11) is -3.61. The van der Waals surface area contributed by atoms with Gasteiger partial charge in [0.1, 0.15) is 6.04 Å². The van der Waals surface area contributed by atoms with E-state index in [1.165, 1.54) is 16.1 Å². The Balaban J connectivity index is 1.39. The average Bonchev–Trinajstić information content (AvgIpc) is 3.53. The zero-order chi connectivity index (χ0) is 23.4. The molecule has 0 unspecified atom stereocenters. The molecule has 0 bridgehead atoms. The zero-order valence-corrected chi connectivity index (χ0v) is 20.3. The number of rotatable bonds is 8. The standard InChI is InChI=1S/C23H29N3O5S2/c1-32-15-9-20(24-22(27)21-6-3-14-31-21)23(28)25-10-12-26(13-11-25)33(29,30)19-8-7-17-4-2-5-18(17)16-19/h3,6-8,14,16,20H,2,4-5,9-13,15H2,1H3,(H,24,27)/t20-/m0/s1.